The number of anilines is 1. The first kappa shape index (κ1) is 21.2. The molecule has 29 heavy (non-hydrogen) atoms. The Morgan fingerprint density at radius 1 is 1.14 bits per heavy atom. The van der Waals surface area contributed by atoms with Crippen LogP contribution >= 0.6 is 11.8 Å². The van der Waals surface area contributed by atoms with Crippen LogP contribution in [0, 0.1) is 0 Å². The van der Waals surface area contributed by atoms with Crippen LogP contribution in [0.2, 0.25) is 0 Å². The number of amides is 2. The molecule has 4 nitrogen and oxygen atoms in total. The van der Waals surface area contributed by atoms with Crippen LogP contribution in [-0.4, -0.2) is 24.1 Å². The van der Waals surface area contributed by atoms with Crippen LogP contribution < -0.4 is 10.6 Å². The van der Waals surface area contributed by atoms with Gasteiger partial charge in [-0.1, -0.05) is 32.0 Å². The standard InChI is InChI=1S/C21H21F3N2O2S/c1-20(2,14-4-3-5-15(11-14)21(22,23)24)12-25-19(28)13-6-7-17-16(10-13)26-18(27)8-9-29-17/h3-7,10-11H,8-9,12H2,1-2H3,(H,25,28)(H,26,27). The van der Waals surface area contributed by atoms with E-state index in [1.807, 2.05) is 0 Å². The zero-order valence-corrected chi connectivity index (χ0v) is 16.8. The fourth-order valence-corrected chi connectivity index (χ4v) is 3.92. The molecule has 0 radical (unpaired) electrons. The van der Waals surface area contributed by atoms with Crippen molar-refractivity contribution in [2.75, 3.05) is 17.6 Å². The third kappa shape index (κ3) is 5.12. The highest BCUT2D eigenvalue weighted by atomic mass is 32.2. The Bertz CT molecular complexity index is 942. The number of nitrogens with one attached hydrogen (secondary N) is 2. The average molecular weight is 422 g/mol. The molecule has 8 heteroatoms. The molecular weight excluding hydrogens is 401 g/mol. The molecule has 1 aliphatic rings. The molecule has 2 amide bonds. The monoisotopic (exact) mass is 422 g/mol. The highest BCUT2D eigenvalue weighted by molar-refractivity contribution is 7.99. The number of hydrogen-bond donors (Lipinski definition) is 2. The molecule has 1 aliphatic heterocycles. The fraction of sp³-hybridized carbons (Fsp3) is 0.333. The Hall–Kier alpha value is -2.48. The van der Waals surface area contributed by atoms with E-state index < -0.39 is 17.2 Å². The number of hydrogen-bond acceptors (Lipinski definition) is 3. The molecule has 2 N–H and O–H groups in total. The van der Waals surface area contributed by atoms with E-state index in [0.29, 0.717) is 29.0 Å². The lowest BCUT2D eigenvalue weighted by molar-refractivity contribution is -0.137. The maximum atomic E-state index is 13.0. The van der Waals surface area contributed by atoms with Crippen LogP contribution in [0.15, 0.2) is 47.4 Å². The second-order valence-electron chi connectivity index (χ2n) is 7.50. The van der Waals surface area contributed by atoms with Crippen molar-refractivity contribution < 1.29 is 22.8 Å². The third-order valence-electron chi connectivity index (χ3n) is 4.76. The molecule has 0 aliphatic carbocycles. The smallest absolute Gasteiger partial charge is 0.351 e. The molecule has 0 unspecified atom stereocenters. The first-order valence-corrected chi connectivity index (χ1v) is 10.1. The Morgan fingerprint density at radius 3 is 2.59 bits per heavy atom. The Morgan fingerprint density at radius 2 is 1.86 bits per heavy atom. The van der Waals surface area contributed by atoms with Gasteiger partial charge >= 0.3 is 6.18 Å². The molecule has 0 saturated heterocycles. The van der Waals surface area contributed by atoms with Gasteiger partial charge in [0, 0.05) is 34.6 Å². The highest BCUT2D eigenvalue weighted by Gasteiger charge is 2.32. The summed E-state index contributed by atoms with van der Waals surface area (Å²) in [4.78, 5) is 25.2. The Balaban J connectivity index is 1.72. The van der Waals surface area contributed by atoms with Crippen LogP contribution in [0.4, 0.5) is 18.9 Å². The zero-order chi connectivity index (χ0) is 21.2. The van der Waals surface area contributed by atoms with E-state index in [0.717, 1.165) is 17.0 Å². The van der Waals surface area contributed by atoms with Crippen molar-refractivity contribution in [2.24, 2.45) is 0 Å². The number of alkyl halides is 3. The van der Waals surface area contributed by atoms with Gasteiger partial charge in [-0.05, 0) is 29.8 Å². The number of halogens is 3. The summed E-state index contributed by atoms with van der Waals surface area (Å²) in [5, 5.41) is 5.58. The highest BCUT2D eigenvalue weighted by Crippen LogP contribution is 2.33. The summed E-state index contributed by atoms with van der Waals surface area (Å²) in [5.74, 6) is 0.228. The molecule has 3 rings (SSSR count). The van der Waals surface area contributed by atoms with E-state index in [1.165, 1.54) is 6.07 Å². The van der Waals surface area contributed by atoms with Gasteiger partial charge in [-0.3, -0.25) is 9.59 Å². The van der Waals surface area contributed by atoms with Crippen LogP contribution in [0.5, 0.6) is 0 Å². The summed E-state index contributed by atoms with van der Waals surface area (Å²) >= 11 is 1.54. The number of carbonyl (C=O) groups excluding carboxylic acids is 2. The number of fused-ring (bicyclic) bond motifs is 1. The minimum Gasteiger partial charge on any atom is -0.351 e. The van der Waals surface area contributed by atoms with Gasteiger partial charge in [0.2, 0.25) is 5.91 Å². The second kappa shape index (κ2) is 8.10. The maximum Gasteiger partial charge on any atom is 0.416 e. The van der Waals surface area contributed by atoms with Gasteiger partial charge in [0.25, 0.3) is 5.91 Å². The summed E-state index contributed by atoms with van der Waals surface area (Å²) < 4.78 is 39.0. The average Bonchev–Trinajstić information content (AvgIpc) is 2.85. The maximum absolute atomic E-state index is 13.0. The van der Waals surface area contributed by atoms with E-state index in [9.17, 15) is 22.8 Å². The quantitative estimate of drug-likeness (QED) is 0.741. The van der Waals surface area contributed by atoms with Gasteiger partial charge in [0.1, 0.15) is 0 Å². The molecule has 154 valence electrons. The van der Waals surface area contributed by atoms with E-state index in [-0.39, 0.29) is 18.4 Å². The predicted molar refractivity (Wildman–Crippen MR) is 107 cm³/mol. The Labute approximate surface area is 171 Å². The summed E-state index contributed by atoms with van der Waals surface area (Å²) in [6, 6.07) is 10.2. The van der Waals surface area contributed by atoms with Gasteiger partial charge in [0.05, 0.1) is 11.3 Å². The van der Waals surface area contributed by atoms with Crippen molar-refractivity contribution in [1.82, 2.24) is 5.32 Å². The molecule has 1 heterocycles. The molecule has 2 aromatic carbocycles. The Kier molecular flexibility index (Phi) is 5.93. The van der Waals surface area contributed by atoms with Crippen molar-refractivity contribution in [3.05, 3.63) is 59.2 Å². The first-order valence-electron chi connectivity index (χ1n) is 9.09. The first-order chi connectivity index (χ1) is 13.6. The lowest BCUT2D eigenvalue weighted by atomic mass is 9.83. The van der Waals surface area contributed by atoms with Gasteiger partial charge in [0.15, 0.2) is 0 Å². The van der Waals surface area contributed by atoms with Crippen LogP contribution in [0.25, 0.3) is 0 Å². The number of rotatable bonds is 4. The molecule has 2 aromatic rings. The van der Waals surface area contributed by atoms with Crippen LogP contribution in [-0.2, 0) is 16.4 Å². The van der Waals surface area contributed by atoms with Gasteiger partial charge in [-0.2, -0.15) is 13.2 Å². The predicted octanol–water partition coefficient (Wildman–Crippen LogP) is 4.85. The number of thioether (sulfide) groups is 1. The molecule has 0 atom stereocenters. The number of benzene rings is 2. The summed E-state index contributed by atoms with van der Waals surface area (Å²) in [6.45, 7) is 3.71. The minimum absolute atomic E-state index is 0.0977. The summed E-state index contributed by atoms with van der Waals surface area (Å²) in [7, 11) is 0. The van der Waals surface area contributed by atoms with Crippen molar-refractivity contribution >= 4 is 29.3 Å². The van der Waals surface area contributed by atoms with E-state index >= 15 is 0 Å². The lowest BCUT2D eigenvalue weighted by Crippen LogP contribution is -2.36. The SMILES string of the molecule is CC(C)(CNC(=O)c1ccc2c(c1)NC(=O)CCS2)c1cccc(C(F)(F)F)c1. The van der Waals surface area contributed by atoms with Gasteiger partial charge in [-0.15, -0.1) is 11.8 Å². The zero-order valence-electron chi connectivity index (χ0n) is 16.0. The van der Waals surface area contributed by atoms with Crippen molar-refractivity contribution in [1.29, 1.82) is 0 Å². The molecule has 0 saturated carbocycles. The summed E-state index contributed by atoms with van der Waals surface area (Å²) in [5.41, 5.74) is 0.0486. The number of carbonyl (C=O) groups is 2. The van der Waals surface area contributed by atoms with Crippen molar-refractivity contribution in [3.8, 4) is 0 Å². The van der Waals surface area contributed by atoms with E-state index in [1.54, 1.807) is 49.9 Å². The van der Waals surface area contributed by atoms with Crippen molar-refractivity contribution in [2.45, 2.75) is 36.8 Å². The fourth-order valence-electron chi connectivity index (χ4n) is 2.98. The van der Waals surface area contributed by atoms with Crippen LogP contribution in [0.3, 0.4) is 0 Å². The second-order valence-corrected chi connectivity index (χ2v) is 8.64. The molecule has 0 spiro atoms. The van der Waals surface area contributed by atoms with Crippen LogP contribution in [0.1, 0.15) is 41.8 Å². The summed E-state index contributed by atoms with van der Waals surface area (Å²) in [6.07, 6.45) is -4.01. The van der Waals surface area contributed by atoms with Gasteiger partial charge in [-0.25, -0.2) is 0 Å². The van der Waals surface area contributed by atoms with Crippen molar-refractivity contribution in [3.63, 3.8) is 0 Å². The van der Waals surface area contributed by atoms with E-state index in [2.05, 4.69) is 10.6 Å². The van der Waals surface area contributed by atoms with Gasteiger partial charge < -0.3 is 10.6 Å². The lowest BCUT2D eigenvalue weighted by Gasteiger charge is -2.26. The third-order valence-corrected chi connectivity index (χ3v) is 5.84. The molecular formula is C21H21F3N2O2S. The normalized spacial score (nSPS) is 14.6. The molecule has 0 aromatic heterocycles. The molecule has 0 fully saturated rings. The largest absolute Gasteiger partial charge is 0.416 e. The minimum atomic E-state index is -4.42. The molecule has 0 bridgehead atoms. The van der Waals surface area contributed by atoms with E-state index in [4.69, 9.17) is 0 Å². The topological polar surface area (TPSA) is 58.2 Å².